The average molecular weight is 383 g/mol. The number of benzene rings is 2. The fraction of sp³-hybridized carbons (Fsp3) is 0.0526. The van der Waals surface area contributed by atoms with Gasteiger partial charge in [0, 0.05) is 10.7 Å². The van der Waals surface area contributed by atoms with Crippen LogP contribution in [0.25, 0.3) is 0 Å². The summed E-state index contributed by atoms with van der Waals surface area (Å²) in [6.45, 7) is 0. The lowest BCUT2D eigenvalue weighted by Gasteiger charge is -2.10. The number of anilines is 3. The summed E-state index contributed by atoms with van der Waals surface area (Å²) >= 11 is 5.90. The minimum Gasteiger partial charge on any atom is -0.465 e. The van der Waals surface area contributed by atoms with Crippen LogP contribution in [0.5, 0.6) is 0 Å². The van der Waals surface area contributed by atoms with Crippen LogP contribution in [0.15, 0.2) is 60.7 Å². The molecule has 0 aliphatic rings. The highest BCUT2D eigenvalue weighted by molar-refractivity contribution is 6.30. The number of hydrogen-bond donors (Lipinski definition) is 2. The smallest absolute Gasteiger partial charge is 0.339 e. The highest BCUT2D eigenvalue weighted by Crippen LogP contribution is 2.20. The lowest BCUT2D eigenvalue weighted by atomic mass is 10.2. The number of hydrogen-bond acceptors (Lipinski definition) is 6. The lowest BCUT2D eigenvalue weighted by Crippen LogP contribution is -2.14. The number of para-hydroxylation sites is 1. The van der Waals surface area contributed by atoms with Gasteiger partial charge in [-0.2, -0.15) is 0 Å². The van der Waals surface area contributed by atoms with Crippen LogP contribution in [0.4, 0.5) is 17.2 Å². The van der Waals surface area contributed by atoms with Gasteiger partial charge in [0.2, 0.25) is 0 Å². The fourth-order valence-corrected chi connectivity index (χ4v) is 2.49. The van der Waals surface area contributed by atoms with E-state index >= 15 is 0 Å². The van der Waals surface area contributed by atoms with E-state index in [2.05, 4.69) is 20.8 Å². The Kier molecular flexibility index (Phi) is 5.63. The standard InChI is InChI=1S/C19H15ClN4O3/c1-27-19(26)14-7-2-3-8-15(14)22-17-10-9-16(23-24-17)18(25)21-13-6-4-5-12(20)11-13/h2-11H,1H3,(H,21,25)(H,22,24). The number of aromatic nitrogens is 2. The van der Waals surface area contributed by atoms with Crippen LogP contribution >= 0.6 is 11.6 Å². The van der Waals surface area contributed by atoms with Crippen molar-refractivity contribution in [2.24, 2.45) is 0 Å². The SMILES string of the molecule is COC(=O)c1ccccc1Nc1ccc(C(=O)Nc2cccc(Cl)c2)nn1. The number of esters is 1. The fourth-order valence-electron chi connectivity index (χ4n) is 2.30. The Morgan fingerprint density at radius 1 is 1.00 bits per heavy atom. The van der Waals surface area contributed by atoms with Crippen molar-refractivity contribution in [3.63, 3.8) is 0 Å². The average Bonchev–Trinajstić information content (AvgIpc) is 2.68. The first kappa shape index (κ1) is 18.3. The Balaban J connectivity index is 1.72. The molecular weight excluding hydrogens is 368 g/mol. The first-order chi connectivity index (χ1) is 13.1. The van der Waals surface area contributed by atoms with E-state index in [1.807, 2.05) is 0 Å². The van der Waals surface area contributed by atoms with E-state index < -0.39 is 11.9 Å². The van der Waals surface area contributed by atoms with Crippen molar-refractivity contribution in [3.05, 3.63) is 76.9 Å². The Labute approximate surface area is 160 Å². The van der Waals surface area contributed by atoms with Crippen molar-refractivity contribution >= 4 is 40.7 Å². The molecule has 0 fully saturated rings. The van der Waals surface area contributed by atoms with E-state index in [1.165, 1.54) is 13.2 Å². The molecule has 8 heteroatoms. The topological polar surface area (TPSA) is 93.2 Å². The number of amides is 1. The van der Waals surface area contributed by atoms with Crippen LogP contribution in [-0.2, 0) is 4.74 Å². The zero-order chi connectivity index (χ0) is 19.2. The maximum atomic E-state index is 12.2. The van der Waals surface area contributed by atoms with E-state index in [0.717, 1.165) is 0 Å². The van der Waals surface area contributed by atoms with Crippen LogP contribution in [0.2, 0.25) is 5.02 Å². The van der Waals surface area contributed by atoms with Gasteiger partial charge in [0.05, 0.1) is 18.4 Å². The van der Waals surface area contributed by atoms with Crippen LogP contribution in [-0.4, -0.2) is 29.2 Å². The predicted molar refractivity (Wildman–Crippen MR) is 103 cm³/mol. The molecule has 0 aliphatic heterocycles. The third-order valence-corrected chi connectivity index (χ3v) is 3.81. The molecule has 136 valence electrons. The first-order valence-electron chi connectivity index (χ1n) is 7.92. The van der Waals surface area contributed by atoms with Crippen molar-refractivity contribution in [3.8, 4) is 0 Å². The zero-order valence-corrected chi connectivity index (χ0v) is 15.0. The molecule has 2 N–H and O–H groups in total. The molecule has 0 atom stereocenters. The largest absolute Gasteiger partial charge is 0.465 e. The summed E-state index contributed by atoms with van der Waals surface area (Å²) in [6, 6.07) is 16.8. The molecule has 0 saturated heterocycles. The molecule has 1 heterocycles. The normalized spacial score (nSPS) is 10.1. The van der Waals surface area contributed by atoms with Crippen LogP contribution in [0, 0.1) is 0 Å². The number of methoxy groups -OCH3 is 1. The summed E-state index contributed by atoms with van der Waals surface area (Å²) in [5.74, 6) is -0.500. The molecule has 3 rings (SSSR count). The Morgan fingerprint density at radius 2 is 1.81 bits per heavy atom. The molecular formula is C19H15ClN4O3. The summed E-state index contributed by atoms with van der Waals surface area (Å²) in [5, 5.41) is 14.1. The van der Waals surface area contributed by atoms with Crippen molar-refractivity contribution in [2.75, 3.05) is 17.7 Å². The molecule has 3 aromatic rings. The molecule has 1 amide bonds. The van der Waals surface area contributed by atoms with E-state index in [-0.39, 0.29) is 5.69 Å². The number of nitrogens with one attached hydrogen (secondary N) is 2. The number of carbonyl (C=O) groups is 2. The van der Waals surface area contributed by atoms with Gasteiger partial charge in [-0.05, 0) is 42.5 Å². The van der Waals surface area contributed by atoms with Crippen molar-refractivity contribution < 1.29 is 14.3 Å². The first-order valence-corrected chi connectivity index (χ1v) is 8.29. The zero-order valence-electron chi connectivity index (χ0n) is 14.3. The van der Waals surface area contributed by atoms with E-state index in [1.54, 1.807) is 54.6 Å². The second-order valence-corrected chi connectivity index (χ2v) is 5.87. The molecule has 27 heavy (non-hydrogen) atoms. The van der Waals surface area contributed by atoms with Gasteiger partial charge >= 0.3 is 5.97 Å². The molecule has 0 aliphatic carbocycles. The third kappa shape index (κ3) is 4.59. The van der Waals surface area contributed by atoms with Gasteiger partial charge in [0.15, 0.2) is 11.5 Å². The number of rotatable bonds is 5. The van der Waals surface area contributed by atoms with Crippen molar-refractivity contribution in [2.45, 2.75) is 0 Å². The van der Waals surface area contributed by atoms with E-state index in [9.17, 15) is 9.59 Å². The maximum absolute atomic E-state index is 12.2. The van der Waals surface area contributed by atoms with E-state index in [4.69, 9.17) is 16.3 Å². The van der Waals surface area contributed by atoms with Crippen LogP contribution in [0.1, 0.15) is 20.8 Å². The predicted octanol–water partition coefficient (Wildman–Crippen LogP) is 3.91. The molecule has 2 aromatic carbocycles. The van der Waals surface area contributed by atoms with E-state index in [0.29, 0.717) is 27.8 Å². The maximum Gasteiger partial charge on any atom is 0.339 e. The molecule has 0 spiro atoms. The highest BCUT2D eigenvalue weighted by Gasteiger charge is 2.13. The molecule has 0 unspecified atom stereocenters. The monoisotopic (exact) mass is 382 g/mol. The van der Waals surface area contributed by atoms with Gasteiger partial charge in [-0.3, -0.25) is 4.79 Å². The molecule has 0 radical (unpaired) electrons. The summed E-state index contributed by atoms with van der Waals surface area (Å²) < 4.78 is 4.75. The number of ether oxygens (including phenoxy) is 1. The quantitative estimate of drug-likeness (QED) is 0.650. The van der Waals surface area contributed by atoms with Gasteiger partial charge in [-0.25, -0.2) is 4.79 Å². The Morgan fingerprint density at radius 3 is 2.52 bits per heavy atom. The molecule has 0 saturated carbocycles. The minimum atomic E-state index is -0.469. The molecule has 1 aromatic heterocycles. The minimum absolute atomic E-state index is 0.141. The number of nitrogens with zero attached hydrogens (tertiary/aromatic N) is 2. The van der Waals surface area contributed by atoms with Gasteiger partial charge in [0.25, 0.3) is 5.91 Å². The summed E-state index contributed by atoms with van der Waals surface area (Å²) in [7, 11) is 1.31. The second-order valence-electron chi connectivity index (χ2n) is 5.43. The summed E-state index contributed by atoms with van der Waals surface area (Å²) in [6.07, 6.45) is 0. The van der Waals surface area contributed by atoms with Gasteiger partial charge in [-0.1, -0.05) is 29.8 Å². The summed E-state index contributed by atoms with van der Waals surface area (Å²) in [4.78, 5) is 24.0. The molecule has 0 bridgehead atoms. The lowest BCUT2D eigenvalue weighted by molar-refractivity contribution is 0.0601. The van der Waals surface area contributed by atoms with Crippen molar-refractivity contribution in [1.29, 1.82) is 0 Å². The third-order valence-electron chi connectivity index (χ3n) is 3.57. The molecule has 7 nitrogen and oxygen atoms in total. The number of halogens is 1. The number of carbonyl (C=O) groups excluding carboxylic acids is 2. The van der Waals surface area contributed by atoms with Gasteiger partial charge in [-0.15, -0.1) is 10.2 Å². The van der Waals surface area contributed by atoms with Crippen molar-refractivity contribution in [1.82, 2.24) is 10.2 Å². The summed E-state index contributed by atoms with van der Waals surface area (Å²) in [5.41, 5.74) is 1.59. The highest BCUT2D eigenvalue weighted by atomic mass is 35.5. The Bertz CT molecular complexity index is 977. The van der Waals surface area contributed by atoms with Gasteiger partial charge < -0.3 is 15.4 Å². The van der Waals surface area contributed by atoms with Gasteiger partial charge in [0.1, 0.15) is 0 Å². The van der Waals surface area contributed by atoms with Crippen LogP contribution in [0.3, 0.4) is 0 Å². The second kappa shape index (κ2) is 8.29. The van der Waals surface area contributed by atoms with Crippen LogP contribution < -0.4 is 10.6 Å². The Hall–Kier alpha value is -3.45.